The number of hydrogen-bond acceptors (Lipinski definition) is 6. The third kappa shape index (κ3) is 5.96. The highest BCUT2D eigenvalue weighted by Crippen LogP contribution is 2.31. The number of benzene rings is 3. The van der Waals surface area contributed by atoms with Crippen molar-refractivity contribution < 1.29 is 28.7 Å². The predicted molar refractivity (Wildman–Crippen MR) is 144 cm³/mol. The third-order valence-corrected chi connectivity index (χ3v) is 6.16. The van der Waals surface area contributed by atoms with E-state index in [0.29, 0.717) is 21.3 Å². The monoisotopic (exact) mass is 553 g/mol. The Kier molecular flexibility index (Phi) is 7.99. The second kappa shape index (κ2) is 11.4. The van der Waals surface area contributed by atoms with Crippen LogP contribution in [-0.2, 0) is 14.4 Å². The molecule has 38 heavy (non-hydrogen) atoms. The van der Waals surface area contributed by atoms with Crippen molar-refractivity contribution in [2.24, 2.45) is 0 Å². The van der Waals surface area contributed by atoms with Crippen molar-refractivity contribution in [3.63, 3.8) is 0 Å². The largest absolute Gasteiger partial charge is 0.493 e. The number of hydrogen-bond donors (Lipinski definition) is 2. The lowest BCUT2D eigenvalue weighted by molar-refractivity contribution is -0.122. The molecule has 0 bridgehead atoms. The molecule has 0 aromatic heterocycles. The van der Waals surface area contributed by atoms with E-state index in [1.807, 2.05) is 0 Å². The Bertz CT molecular complexity index is 1470. The minimum absolute atomic E-state index is 0.222. The number of nitrogens with zero attached hydrogens (tertiary/aromatic N) is 1. The van der Waals surface area contributed by atoms with Crippen LogP contribution in [0.4, 0.5) is 16.2 Å². The number of anilines is 2. The lowest BCUT2D eigenvalue weighted by atomic mass is 10.1. The number of ether oxygens (including phenoxy) is 2. The summed E-state index contributed by atoms with van der Waals surface area (Å²) in [6, 6.07) is 15.1. The summed E-state index contributed by atoms with van der Waals surface area (Å²) in [6.45, 7) is 1.49. The van der Waals surface area contributed by atoms with E-state index >= 15 is 0 Å². The molecule has 1 saturated heterocycles. The number of nitrogens with one attached hydrogen (secondary N) is 2. The van der Waals surface area contributed by atoms with E-state index in [2.05, 4.69) is 10.6 Å². The van der Waals surface area contributed by atoms with E-state index in [1.54, 1.807) is 49.4 Å². The van der Waals surface area contributed by atoms with E-state index in [9.17, 15) is 19.2 Å². The molecule has 194 valence electrons. The number of methoxy groups -OCH3 is 1. The van der Waals surface area contributed by atoms with E-state index in [1.165, 1.54) is 31.4 Å². The molecule has 9 nitrogen and oxygen atoms in total. The van der Waals surface area contributed by atoms with E-state index in [-0.39, 0.29) is 29.4 Å². The number of imide groups is 2. The van der Waals surface area contributed by atoms with Crippen LogP contribution in [0, 0.1) is 6.92 Å². The maximum Gasteiger partial charge on any atom is 0.335 e. The number of rotatable bonds is 7. The average Bonchev–Trinajstić information content (AvgIpc) is 2.89. The van der Waals surface area contributed by atoms with Crippen LogP contribution in [0.3, 0.4) is 0 Å². The van der Waals surface area contributed by atoms with Gasteiger partial charge >= 0.3 is 6.03 Å². The van der Waals surface area contributed by atoms with Crippen LogP contribution in [-0.4, -0.2) is 37.5 Å². The molecular weight excluding hydrogens is 533 g/mol. The molecule has 1 fully saturated rings. The van der Waals surface area contributed by atoms with Gasteiger partial charge in [-0.1, -0.05) is 35.3 Å². The normalized spacial score (nSPS) is 14.4. The quantitative estimate of drug-likeness (QED) is 0.314. The second-order valence-corrected chi connectivity index (χ2v) is 8.99. The molecule has 1 aliphatic heterocycles. The van der Waals surface area contributed by atoms with Gasteiger partial charge in [0.2, 0.25) is 0 Å². The molecule has 3 aromatic rings. The molecule has 5 amide bonds. The summed E-state index contributed by atoms with van der Waals surface area (Å²) in [4.78, 5) is 51.2. The highest BCUT2D eigenvalue weighted by Gasteiger charge is 2.37. The fourth-order valence-electron chi connectivity index (χ4n) is 3.55. The molecule has 3 aromatic carbocycles. The van der Waals surface area contributed by atoms with Crippen LogP contribution in [0.25, 0.3) is 6.08 Å². The van der Waals surface area contributed by atoms with Gasteiger partial charge in [0.1, 0.15) is 5.57 Å². The fourth-order valence-corrected chi connectivity index (χ4v) is 3.85. The molecule has 0 aliphatic carbocycles. The number of urea groups is 1. The Hall–Kier alpha value is -4.34. The fraction of sp³-hybridized carbons (Fsp3) is 0.111. The van der Waals surface area contributed by atoms with Gasteiger partial charge in [-0.15, -0.1) is 0 Å². The third-order valence-electron chi connectivity index (χ3n) is 5.50. The summed E-state index contributed by atoms with van der Waals surface area (Å²) in [7, 11) is 1.41. The number of halogens is 2. The second-order valence-electron chi connectivity index (χ2n) is 8.15. The zero-order valence-electron chi connectivity index (χ0n) is 20.2. The number of barbiturate groups is 1. The maximum absolute atomic E-state index is 13.1. The van der Waals surface area contributed by atoms with Crippen molar-refractivity contribution in [2.75, 3.05) is 23.9 Å². The molecule has 2 N–H and O–H groups in total. The first-order chi connectivity index (χ1) is 18.2. The maximum atomic E-state index is 13.1. The first-order valence-corrected chi connectivity index (χ1v) is 12.0. The number of aryl methyl sites for hydroxylation is 1. The van der Waals surface area contributed by atoms with Crippen LogP contribution in [0.15, 0.2) is 66.2 Å². The van der Waals surface area contributed by atoms with Gasteiger partial charge in [-0.3, -0.25) is 19.7 Å². The molecule has 0 spiro atoms. The van der Waals surface area contributed by atoms with E-state index in [4.69, 9.17) is 32.7 Å². The Morgan fingerprint density at radius 1 is 1.00 bits per heavy atom. The summed E-state index contributed by atoms with van der Waals surface area (Å²) in [5.74, 6) is -1.51. The molecule has 1 aliphatic rings. The van der Waals surface area contributed by atoms with Gasteiger partial charge < -0.3 is 14.8 Å². The van der Waals surface area contributed by atoms with Gasteiger partial charge in [0, 0.05) is 15.7 Å². The molecule has 0 atom stereocenters. The molecule has 11 heteroatoms. The predicted octanol–water partition coefficient (Wildman–Crippen LogP) is 4.99. The smallest absolute Gasteiger partial charge is 0.335 e. The average molecular weight is 554 g/mol. The van der Waals surface area contributed by atoms with Gasteiger partial charge in [0.15, 0.2) is 18.1 Å². The summed E-state index contributed by atoms with van der Waals surface area (Å²) in [6.07, 6.45) is 1.33. The van der Waals surface area contributed by atoms with E-state index < -0.39 is 23.8 Å². The molecule has 0 unspecified atom stereocenters. The lowest BCUT2D eigenvalue weighted by Crippen LogP contribution is -2.54. The Balaban J connectivity index is 1.51. The molecule has 1 heterocycles. The van der Waals surface area contributed by atoms with Gasteiger partial charge in [-0.25, -0.2) is 9.69 Å². The zero-order valence-corrected chi connectivity index (χ0v) is 21.7. The topological polar surface area (TPSA) is 114 Å². The van der Waals surface area contributed by atoms with Gasteiger partial charge in [-0.05, 0) is 72.7 Å². The number of carbonyl (C=O) groups excluding carboxylic acids is 4. The van der Waals surface area contributed by atoms with E-state index in [0.717, 1.165) is 10.5 Å². The van der Waals surface area contributed by atoms with Crippen LogP contribution < -0.4 is 25.0 Å². The Labute approximate surface area is 227 Å². The minimum Gasteiger partial charge on any atom is -0.493 e. The molecular formula is C27H21Cl2N3O6. The minimum atomic E-state index is -0.879. The van der Waals surface area contributed by atoms with Crippen LogP contribution >= 0.6 is 23.2 Å². The standard InChI is InChI=1S/C27H21Cl2N3O6/c1-15-3-9-19(13-21(15)29)32-26(35)20(25(34)31-27(32)36)11-16-4-10-22(23(12-16)37-2)38-14-24(33)30-18-7-5-17(28)6-8-18/h3-13H,14H2,1-2H3,(H,30,33)(H,31,34,36)/b20-11+. The molecule has 0 saturated carbocycles. The van der Waals surface area contributed by atoms with Crippen LogP contribution in [0.5, 0.6) is 11.5 Å². The Morgan fingerprint density at radius 2 is 1.74 bits per heavy atom. The van der Waals surface area contributed by atoms with Crippen molar-refractivity contribution in [2.45, 2.75) is 6.92 Å². The SMILES string of the molecule is COc1cc(/C=C2\C(=O)NC(=O)N(c3ccc(C)c(Cl)c3)C2=O)ccc1OCC(=O)Nc1ccc(Cl)cc1. The number of amides is 5. The van der Waals surface area contributed by atoms with Crippen molar-refractivity contribution in [1.29, 1.82) is 0 Å². The summed E-state index contributed by atoms with van der Waals surface area (Å²) in [5, 5.41) is 5.77. The van der Waals surface area contributed by atoms with Gasteiger partial charge in [0.05, 0.1) is 12.8 Å². The zero-order chi connectivity index (χ0) is 27.4. The summed E-state index contributed by atoms with van der Waals surface area (Å²) >= 11 is 12.0. The highest BCUT2D eigenvalue weighted by atomic mass is 35.5. The van der Waals surface area contributed by atoms with Crippen molar-refractivity contribution >= 4 is 64.4 Å². The first kappa shape index (κ1) is 26.7. The van der Waals surface area contributed by atoms with Crippen LogP contribution in [0.2, 0.25) is 10.0 Å². The van der Waals surface area contributed by atoms with Gasteiger partial charge in [0.25, 0.3) is 17.7 Å². The summed E-state index contributed by atoms with van der Waals surface area (Å²) in [5.41, 5.74) is 1.71. The Morgan fingerprint density at radius 3 is 2.42 bits per heavy atom. The number of carbonyl (C=O) groups is 4. The highest BCUT2D eigenvalue weighted by molar-refractivity contribution is 6.39. The van der Waals surface area contributed by atoms with Gasteiger partial charge in [-0.2, -0.15) is 0 Å². The molecule has 4 rings (SSSR count). The van der Waals surface area contributed by atoms with Crippen LogP contribution in [0.1, 0.15) is 11.1 Å². The summed E-state index contributed by atoms with van der Waals surface area (Å²) < 4.78 is 10.9. The first-order valence-electron chi connectivity index (χ1n) is 11.2. The van der Waals surface area contributed by atoms with Crippen molar-refractivity contribution in [3.05, 3.63) is 87.4 Å². The lowest BCUT2D eigenvalue weighted by Gasteiger charge is -2.26. The molecule has 0 radical (unpaired) electrons. The van der Waals surface area contributed by atoms with Crippen molar-refractivity contribution in [3.8, 4) is 11.5 Å². The van der Waals surface area contributed by atoms with Crippen molar-refractivity contribution in [1.82, 2.24) is 5.32 Å².